The molecule has 0 bridgehead atoms. The average Bonchev–Trinajstić information content (AvgIpc) is 3.43. The van der Waals surface area contributed by atoms with Crippen LogP contribution in [0.2, 0.25) is 0 Å². The van der Waals surface area contributed by atoms with Gasteiger partial charge in [-0.25, -0.2) is 0 Å². The molecule has 1 saturated heterocycles. The minimum absolute atomic E-state index is 0. The third kappa shape index (κ3) is 8.16. The molecule has 0 radical (unpaired) electrons. The topological polar surface area (TPSA) is 62.5 Å². The van der Waals surface area contributed by atoms with Crippen LogP contribution in [-0.2, 0) is 11.2 Å². The largest absolute Gasteiger partial charge is 1.00 e. The van der Waals surface area contributed by atoms with Crippen LogP contribution in [0.25, 0.3) is 10.9 Å². The number of halogens is 1. The first-order chi connectivity index (χ1) is 16.8. The Morgan fingerprint density at radius 3 is 2.76 bits per heavy atom. The van der Waals surface area contributed by atoms with Crippen molar-refractivity contribution in [1.29, 1.82) is 0 Å². The van der Waals surface area contributed by atoms with Crippen LogP contribution < -0.4 is 74.2 Å². The molecule has 1 aliphatic heterocycles. The molecule has 1 N–H and O–H groups in total. The first-order valence-corrected chi connectivity index (χ1v) is 16.2. The number of benzene rings is 1. The Morgan fingerprint density at radius 2 is 2.16 bits per heavy atom. The van der Waals surface area contributed by atoms with Crippen molar-refractivity contribution in [2.75, 3.05) is 20.6 Å². The Bertz CT molecular complexity index is 1130. The van der Waals surface area contributed by atoms with Crippen molar-refractivity contribution in [1.82, 2.24) is 19.4 Å². The van der Waals surface area contributed by atoms with Crippen LogP contribution in [-0.4, -0.2) is 63.9 Å². The van der Waals surface area contributed by atoms with Crippen LogP contribution in [0.15, 0.2) is 53.8 Å². The summed E-state index contributed by atoms with van der Waals surface area (Å²) in [6.45, 7) is 10.5. The maximum absolute atomic E-state index is 12.9. The van der Waals surface area contributed by atoms with Crippen molar-refractivity contribution in [3.05, 3.63) is 61.8 Å². The van der Waals surface area contributed by atoms with Gasteiger partial charge in [-0.1, -0.05) is 25.6 Å². The zero-order valence-electron chi connectivity index (χ0n) is 22.6. The van der Waals surface area contributed by atoms with Crippen molar-refractivity contribution in [2.45, 2.75) is 49.1 Å². The Kier molecular flexibility index (Phi) is 13.9. The molecule has 4 atom stereocenters. The predicted molar refractivity (Wildman–Crippen MR) is 166 cm³/mol. The van der Waals surface area contributed by atoms with E-state index in [1.807, 2.05) is 28.1 Å². The number of thioether (sulfide) groups is 1. The first kappa shape index (κ1) is 34.0. The number of fused-ring (bicyclic) bond motifs is 1. The molecule has 37 heavy (non-hydrogen) atoms. The van der Waals surface area contributed by atoms with E-state index in [4.69, 9.17) is 0 Å². The molecule has 1 aromatic heterocycles. The van der Waals surface area contributed by atoms with E-state index in [2.05, 4.69) is 94.0 Å². The van der Waals surface area contributed by atoms with Crippen molar-refractivity contribution in [3.8, 4) is 0 Å². The van der Waals surface area contributed by atoms with Crippen molar-refractivity contribution >= 4 is 65.6 Å². The van der Waals surface area contributed by atoms with Crippen LogP contribution in [0.5, 0.6) is 0 Å². The van der Waals surface area contributed by atoms with Gasteiger partial charge in [0.25, 0.3) is 0 Å². The van der Waals surface area contributed by atoms with Gasteiger partial charge in [-0.2, -0.15) is 9.19 Å². The van der Waals surface area contributed by atoms with E-state index in [1.54, 1.807) is 15.3 Å². The van der Waals surface area contributed by atoms with Gasteiger partial charge < -0.3 is 17.6 Å². The fraction of sp³-hybridized carbons (Fsp3) is 0.481. The number of amides is 1. The molecule has 10 heteroatoms. The first-order valence-electron chi connectivity index (χ1n) is 11.9. The second kappa shape index (κ2) is 15.1. The van der Waals surface area contributed by atoms with E-state index >= 15 is 0 Å². The molecule has 0 spiro atoms. The molecule has 2 fully saturated rings. The number of carbonyl (C=O) groups excluding carboxylic acids is 1. The summed E-state index contributed by atoms with van der Waals surface area (Å²) in [7, 11) is 5.87. The molecule has 1 amide bonds. The summed E-state index contributed by atoms with van der Waals surface area (Å²) in [5.41, 5.74) is 3.66. The standard InChI is InChI=1S/C26H34IN5OS2.CH3.Cs/c1-6-18(14-28-3)20(26(2)9-10-26)13-24(33)29-16-23-25(31(4)5)22(34-23)12-17-7-8-21-19(11-17)15-30-32(21)35-27;;/h6-8,11,14-15,20,22-23,25H,1,3,9-10,12-13,16H2,2,4-5H3,(H,29,33);1H3;/q;-1;+1/b18-14+;;. The van der Waals surface area contributed by atoms with Gasteiger partial charge in [-0.3, -0.25) is 9.79 Å². The molecular formula is C27H37CsIN5OS2. The van der Waals surface area contributed by atoms with Crippen LogP contribution in [0.3, 0.4) is 0 Å². The molecule has 1 aliphatic carbocycles. The summed E-state index contributed by atoms with van der Waals surface area (Å²) in [5, 5.41) is 9.74. The fourth-order valence-corrected chi connectivity index (χ4v) is 8.28. The average molecular weight is 772 g/mol. The smallest absolute Gasteiger partial charge is 0.358 e. The summed E-state index contributed by atoms with van der Waals surface area (Å²) in [4.78, 5) is 19.2. The minimum atomic E-state index is 0. The molecular weight excluding hydrogens is 734 g/mol. The third-order valence-electron chi connectivity index (χ3n) is 7.46. The molecule has 2 aromatic rings. The molecule has 196 valence electrons. The number of hydrogen-bond acceptors (Lipinski definition) is 6. The monoisotopic (exact) mass is 771 g/mol. The van der Waals surface area contributed by atoms with E-state index in [9.17, 15) is 4.79 Å². The zero-order chi connectivity index (χ0) is 25.2. The number of nitrogens with one attached hydrogen (secondary N) is 1. The number of nitrogens with zero attached hydrogens (tertiary/aromatic N) is 4. The Hall–Kier alpha value is 0.752. The Morgan fingerprint density at radius 1 is 1.43 bits per heavy atom. The number of rotatable bonds is 12. The summed E-state index contributed by atoms with van der Waals surface area (Å²) >= 11 is 4.24. The maximum atomic E-state index is 12.9. The molecule has 6 nitrogen and oxygen atoms in total. The van der Waals surface area contributed by atoms with Crippen LogP contribution >= 0.6 is 42.1 Å². The zero-order valence-corrected chi connectivity index (χ0v) is 32.7. The Balaban J connectivity index is 0.00000241. The SMILES string of the molecule is C=C/C(=C\N=C)C(CC(=O)NCC1SC(Cc2ccc3c(cnn3SI)c2)C1N(C)C)C1(C)CC1.[CH3-].[Cs+]. The quantitative estimate of drug-likeness (QED) is 0.156. The number of carbonyl (C=O) groups is 1. The van der Waals surface area contributed by atoms with Gasteiger partial charge in [0.15, 0.2) is 0 Å². The second-order valence-corrected chi connectivity index (χ2v) is 13.2. The second-order valence-electron chi connectivity index (χ2n) is 10.1. The predicted octanol–water partition coefficient (Wildman–Crippen LogP) is 2.99. The minimum Gasteiger partial charge on any atom is -0.358 e. The summed E-state index contributed by atoms with van der Waals surface area (Å²) in [6.07, 6.45) is 9.28. The molecule has 2 heterocycles. The van der Waals surface area contributed by atoms with Gasteiger partial charge in [0, 0.05) is 71.4 Å². The molecule has 1 aromatic carbocycles. The summed E-state index contributed by atoms with van der Waals surface area (Å²) in [6, 6.07) is 7.07. The van der Waals surface area contributed by atoms with Crippen molar-refractivity contribution in [2.24, 2.45) is 16.3 Å². The van der Waals surface area contributed by atoms with Crippen molar-refractivity contribution in [3.63, 3.8) is 0 Å². The van der Waals surface area contributed by atoms with Gasteiger partial charge in [-0.15, -0.1) is 11.8 Å². The summed E-state index contributed by atoms with van der Waals surface area (Å²) in [5.74, 6) is 0.249. The normalized spacial score (nSPS) is 22.8. The van der Waals surface area contributed by atoms with Crippen LogP contribution in [0, 0.1) is 18.8 Å². The van der Waals surface area contributed by atoms with Crippen LogP contribution in [0.1, 0.15) is 31.7 Å². The molecule has 4 rings (SSSR count). The van der Waals surface area contributed by atoms with Gasteiger partial charge in [0.05, 0.1) is 11.7 Å². The number of aliphatic imine (C=N–C) groups is 1. The van der Waals surface area contributed by atoms with Gasteiger partial charge in [0.2, 0.25) is 5.91 Å². The van der Waals surface area contributed by atoms with E-state index in [0.29, 0.717) is 29.5 Å². The maximum Gasteiger partial charge on any atom is 1.00 e. The van der Waals surface area contributed by atoms with Crippen LogP contribution in [0.4, 0.5) is 0 Å². The van der Waals surface area contributed by atoms with E-state index < -0.39 is 0 Å². The Labute approximate surface area is 301 Å². The van der Waals surface area contributed by atoms with E-state index in [0.717, 1.165) is 30.4 Å². The fourth-order valence-electron chi connectivity index (χ4n) is 5.19. The number of allylic oxidation sites excluding steroid dienone is 2. The van der Waals surface area contributed by atoms with E-state index in [1.165, 1.54) is 10.9 Å². The molecule has 2 aliphatic rings. The van der Waals surface area contributed by atoms with E-state index in [-0.39, 0.29) is 93.6 Å². The van der Waals surface area contributed by atoms with Gasteiger partial charge >= 0.3 is 68.9 Å². The number of aromatic nitrogens is 2. The number of hydrogen-bond donors (Lipinski definition) is 1. The van der Waals surface area contributed by atoms with Gasteiger partial charge in [0.1, 0.15) is 0 Å². The molecule has 1 saturated carbocycles. The molecule has 4 unspecified atom stereocenters. The summed E-state index contributed by atoms with van der Waals surface area (Å²) < 4.78 is 1.94. The third-order valence-corrected chi connectivity index (χ3v) is 10.6. The van der Waals surface area contributed by atoms with Gasteiger partial charge in [-0.05, 0) is 74.7 Å². The van der Waals surface area contributed by atoms with Crippen molar-refractivity contribution < 1.29 is 73.7 Å².